The Morgan fingerprint density at radius 2 is 1.83 bits per heavy atom. The van der Waals surface area contributed by atoms with Gasteiger partial charge in [0.15, 0.2) is 3.98 Å². The zero-order valence-corrected chi connectivity index (χ0v) is 4.60. The summed E-state index contributed by atoms with van der Waals surface area (Å²) in [6.07, 6.45) is 0. The molecule has 0 amide bonds. The minimum absolute atomic E-state index is 0.676. The minimum atomic E-state index is 0.676. The van der Waals surface area contributed by atoms with Crippen LogP contribution in [0.15, 0.2) is 10.8 Å². The first-order valence-electron chi connectivity index (χ1n) is 1.46. The second kappa shape index (κ2) is 1.53. The van der Waals surface area contributed by atoms with Gasteiger partial charge in [0.1, 0.15) is 0 Å². The van der Waals surface area contributed by atoms with Crippen LogP contribution in [0.4, 0.5) is 0 Å². The molecule has 32 valence electrons. The Bertz CT molecular complexity index is 147. The van der Waals surface area contributed by atoms with Crippen LogP contribution < -0.4 is 3.98 Å². The van der Waals surface area contributed by atoms with Crippen LogP contribution in [0.2, 0.25) is 0 Å². The highest BCUT2D eigenvalue weighted by Gasteiger charge is 1.70. The van der Waals surface area contributed by atoms with Gasteiger partial charge in [-0.3, -0.25) is 5.41 Å². The molecule has 1 nitrogen and oxygen atoms in total. The van der Waals surface area contributed by atoms with Crippen LogP contribution in [0.5, 0.6) is 0 Å². The number of rotatable bonds is 0. The summed E-state index contributed by atoms with van der Waals surface area (Å²) in [4.78, 5) is 0. The van der Waals surface area contributed by atoms with Crippen molar-refractivity contribution in [3.63, 3.8) is 0 Å². The predicted molar refractivity (Wildman–Crippen MR) is 28.1 cm³/mol. The van der Waals surface area contributed by atoms with Crippen LogP contribution in [-0.4, -0.2) is 0 Å². The molecule has 0 radical (unpaired) electrons. The van der Waals surface area contributed by atoms with E-state index in [1.54, 1.807) is 0 Å². The van der Waals surface area contributed by atoms with E-state index in [0.29, 0.717) is 3.98 Å². The first-order chi connectivity index (χ1) is 2.89. The lowest BCUT2D eigenvalue weighted by Gasteiger charge is -1.48. The first-order valence-corrected chi connectivity index (χ1v) is 3.22. The van der Waals surface area contributed by atoms with Gasteiger partial charge in [-0.25, -0.2) is 0 Å². The zero-order chi connectivity index (χ0) is 4.41. The summed E-state index contributed by atoms with van der Waals surface area (Å²) in [6, 6.07) is 0. The van der Waals surface area contributed by atoms with Gasteiger partial charge >= 0.3 is 0 Å². The van der Waals surface area contributed by atoms with Crippen molar-refractivity contribution in [3.8, 4) is 0 Å². The van der Waals surface area contributed by atoms with Crippen LogP contribution in [0, 0.1) is 5.41 Å². The summed E-state index contributed by atoms with van der Waals surface area (Å²) < 4.78 is 0.676. The van der Waals surface area contributed by atoms with Gasteiger partial charge in [-0.05, 0) is 0 Å². The molecule has 0 fully saturated rings. The van der Waals surface area contributed by atoms with Crippen molar-refractivity contribution < 1.29 is 0 Å². The van der Waals surface area contributed by atoms with Crippen molar-refractivity contribution in [2.45, 2.75) is 0 Å². The van der Waals surface area contributed by atoms with E-state index in [-0.39, 0.29) is 0 Å². The maximum Gasteiger partial charge on any atom is 0.162 e. The van der Waals surface area contributed by atoms with Gasteiger partial charge in [-0.15, -0.1) is 22.7 Å². The summed E-state index contributed by atoms with van der Waals surface area (Å²) in [5.74, 6) is 0. The lowest BCUT2D eigenvalue weighted by molar-refractivity contribution is 1.41. The molecule has 0 unspecified atom stereocenters. The molecule has 3 heteroatoms. The van der Waals surface area contributed by atoms with Gasteiger partial charge in [0.25, 0.3) is 0 Å². The van der Waals surface area contributed by atoms with Crippen molar-refractivity contribution in [2.24, 2.45) is 0 Å². The molecule has 0 aliphatic heterocycles. The Morgan fingerprint density at radius 3 is 2.00 bits per heavy atom. The quantitative estimate of drug-likeness (QED) is 0.529. The van der Waals surface area contributed by atoms with E-state index >= 15 is 0 Å². The zero-order valence-electron chi connectivity index (χ0n) is 2.97. The molecule has 1 aromatic heterocycles. The molecule has 0 saturated carbocycles. The Morgan fingerprint density at radius 1 is 1.33 bits per heavy atom. The second-order valence-corrected chi connectivity index (χ2v) is 2.89. The Balaban J connectivity index is 3.41. The van der Waals surface area contributed by atoms with E-state index in [1.807, 2.05) is 10.8 Å². The molecule has 0 spiro atoms. The summed E-state index contributed by atoms with van der Waals surface area (Å²) in [6.45, 7) is 0. The summed E-state index contributed by atoms with van der Waals surface area (Å²) >= 11 is 2.93. The SMILES string of the molecule is N=c1sccs1. The molecule has 1 aromatic rings. The van der Waals surface area contributed by atoms with Crippen molar-refractivity contribution in [2.75, 3.05) is 0 Å². The highest BCUT2D eigenvalue weighted by atomic mass is 32.2. The van der Waals surface area contributed by atoms with Crippen molar-refractivity contribution in [3.05, 3.63) is 14.7 Å². The number of hydrogen-bond donors (Lipinski definition) is 1. The molecule has 1 rings (SSSR count). The molecule has 1 heterocycles. The van der Waals surface area contributed by atoms with E-state index in [4.69, 9.17) is 5.41 Å². The standard InChI is InChI=1S/C3H3NS2/c4-3-5-1-2-6-3/h1-2,4H. The summed E-state index contributed by atoms with van der Waals surface area (Å²) in [5.41, 5.74) is 0. The lowest BCUT2D eigenvalue weighted by atomic mass is 11.2. The fourth-order valence-electron chi connectivity index (χ4n) is 0.207. The van der Waals surface area contributed by atoms with E-state index in [2.05, 4.69) is 0 Å². The van der Waals surface area contributed by atoms with Crippen LogP contribution in [-0.2, 0) is 0 Å². The molecule has 0 aromatic carbocycles. The number of hydrogen-bond acceptors (Lipinski definition) is 3. The van der Waals surface area contributed by atoms with Gasteiger partial charge in [-0.1, -0.05) is 0 Å². The topological polar surface area (TPSA) is 23.9 Å². The van der Waals surface area contributed by atoms with Crippen molar-refractivity contribution in [1.82, 2.24) is 0 Å². The van der Waals surface area contributed by atoms with Crippen LogP contribution >= 0.6 is 22.7 Å². The molecule has 0 aliphatic carbocycles. The third-order valence-corrected chi connectivity index (χ3v) is 2.13. The fourth-order valence-corrected chi connectivity index (χ4v) is 1.45. The molecular weight excluding hydrogens is 114 g/mol. The van der Waals surface area contributed by atoms with E-state index in [1.165, 1.54) is 22.7 Å². The van der Waals surface area contributed by atoms with E-state index in [9.17, 15) is 0 Å². The monoisotopic (exact) mass is 117 g/mol. The maximum absolute atomic E-state index is 6.91. The molecule has 1 N–H and O–H groups in total. The van der Waals surface area contributed by atoms with Gasteiger partial charge in [0.2, 0.25) is 0 Å². The Kier molecular flexibility index (Phi) is 1.03. The first kappa shape index (κ1) is 4.02. The van der Waals surface area contributed by atoms with Crippen LogP contribution in [0.3, 0.4) is 0 Å². The highest BCUT2D eigenvalue weighted by Crippen LogP contribution is 1.90. The average Bonchev–Trinajstić information content (AvgIpc) is 1.86. The molecule has 0 aliphatic rings. The van der Waals surface area contributed by atoms with E-state index in [0.717, 1.165) is 0 Å². The normalized spacial score (nSPS) is 8.67. The fraction of sp³-hybridized carbons (Fsp3) is 0. The lowest BCUT2D eigenvalue weighted by Crippen LogP contribution is -1.73. The highest BCUT2D eigenvalue weighted by molar-refractivity contribution is 7.24. The average molecular weight is 117 g/mol. The van der Waals surface area contributed by atoms with Crippen LogP contribution in [0.1, 0.15) is 0 Å². The predicted octanol–water partition coefficient (Wildman–Crippen LogP) is 1.29. The van der Waals surface area contributed by atoms with Gasteiger partial charge in [0, 0.05) is 10.8 Å². The molecular formula is C3H3NS2. The summed E-state index contributed by atoms with van der Waals surface area (Å²) in [5, 5.41) is 10.7. The van der Waals surface area contributed by atoms with Crippen molar-refractivity contribution >= 4 is 22.7 Å². The Hall–Kier alpha value is -0.150. The van der Waals surface area contributed by atoms with Gasteiger partial charge < -0.3 is 0 Å². The van der Waals surface area contributed by atoms with Gasteiger partial charge in [-0.2, -0.15) is 0 Å². The summed E-state index contributed by atoms with van der Waals surface area (Å²) in [7, 11) is 0. The molecule has 0 saturated heterocycles. The maximum atomic E-state index is 6.91. The number of nitrogens with one attached hydrogen (secondary N) is 1. The second-order valence-electron chi connectivity index (χ2n) is 0.795. The molecule has 6 heavy (non-hydrogen) atoms. The van der Waals surface area contributed by atoms with Crippen LogP contribution in [0.25, 0.3) is 0 Å². The van der Waals surface area contributed by atoms with Crippen molar-refractivity contribution in [1.29, 1.82) is 5.41 Å². The minimum Gasteiger partial charge on any atom is -0.281 e. The molecule has 0 atom stereocenters. The molecule has 0 bridgehead atoms. The smallest absolute Gasteiger partial charge is 0.162 e. The third-order valence-electron chi connectivity index (χ3n) is 0.406. The largest absolute Gasteiger partial charge is 0.281 e. The van der Waals surface area contributed by atoms with E-state index < -0.39 is 0 Å². The third kappa shape index (κ3) is 0.666. The Labute approximate surface area is 43.4 Å². The van der Waals surface area contributed by atoms with Gasteiger partial charge in [0.05, 0.1) is 0 Å².